The van der Waals surface area contributed by atoms with E-state index in [0.29, 0.717) is 5.69 Å². The molecule has 0 saturated carbocycles. The fourth-order valence-electron chi connectivity index (χ4n) is 1.67. The van der Waals surface area contributed by atoms with E-state index < -0.39 is 4.92 Å². The summed E-state index contributed by atoms with van der Waals surface area (Å²) in [4.78, 5) is 10.3. The fourth-order valence-corrected chi connectivity index (χ4v) is 2.16. The maximum absolute atomic E-state index is 10.8. The second kappa shape index (κ2) is 8.38. The number of rotatable bonds is 8. The Morgan fingerprint density at radius 2 is 2.21 bits per heavy atom. The quantitative estimate of drug-likeness (QED) is 0.448. The van der Waals surface area contributed by atoms with Crippen molar-refractivity contribution in [2.45, 2.75) is 19.3 Å². The van der Waals surface area contributed by atoms with Crippen LogP contribution in [0.3, 0.4) is 0 Å². The van der Waals surface area contributed by atoms with Crippen LogP contribution in [0.2, 0.25) is 0 Å². The minimum Gasteiger partial charge on any atom is -0.385 e. The lowest BCUT2D eigenvalue weighted by molar-refractivity contribution is -0.385. The van der Waals surface area contributed by atoms with Crippen molar-refractivity contribution in [2.24, 2.45) is 0 Å². The minimum absolute atomic E-state index is 0.0931. The van der Waals surface area contributed by atoms with E-state index in [1.807, 2.05) is 17.8 Å². The third-order valence-corrected chi connectivity index (χ3v) is 3.37. The molecule has 1 aromatic carbocycles. The Hall–Kier alpha value is -1.74. The molecule has 0 aliphatic rings. The second-order valence-electron chi connectivity index (χ2n) is 4.08. The van der Waals surface area contributed by atoms with Gasteiger partial charge in [-0.2, -0.15) is 17.0 Å². The summed E-state index contributed by atoms with van der Waals surface area (Å²) in [6.07, 6.45) is 5.46. The lowest BCUT2D eigenvalue weighted by Gasteiger charge is -2.06. The summed E-state index contributed by atoms with van der Waals surface area (Å²) in [6.45, 7) is 0.789. The van der Waals surface area contributed by atoms with Gasteiger partial charge in [0, 0.05) is 18.3 Å². The first-order valence-corrected chi connectivity index (χ1v) is 7.49. The van der Waals surface area contributed by atoms with E-state index >= 15 is 0 Å². The summed E-state index contributed by atoms with van der Waals surface area (Å²) in [5.74, 6) is 1.17. The Morgan fingerprint density at radius 3 is 2.84 bits per heavy atom. The van der Waals surface area contributed by atoms with Gasteiger partial charge in [-0.15, -0.1) is 0 Å². The smallest absolute Gasteiger partial charge is 0.289 e. The van der Waals surface area contributed by atoms with E-state index in [1.54, 1.807) is 6.07 Å². The maximum Gasteiger partial charge on any atom is 0.289 e. The van der Waals surface area contributed by atoms with E-state index in [1.165, 1.54) is 24.3 Å². The SMILES string of the molecule is CSCCCCCNc1ccc(C#N)c([N+](=O)[O-])c1. The third kappa shape index (κ3) is 5.18. The number of nitrogens with zero attached hydrogens (tertiary/aromatic N) is 2. The van der Waals surface area contributed by atoms with Crippen LogP contribution in [0.25, 0.3) is 0 Å². The Bertz CT molecular complexity index is 471. The van der Waals surface area contributed by atoms with E-state index in [4.69, 9.17) is 5.26 Å². The van der Waals surface area contributed by atoms with Crippen molar-refractivity contribution in [3.63, 3.8) is 0 Å². The Labute approximate surface area is 117 Å². The van der Waals surface area contributed by atoms with Gasteiger partial charge in [-0.3, -0.25) is 10.1 Å². The van der Waals surface area contributed by atoms with Crippen LogP contribution in [-0.4, -0.2) is 23.5 Å². The molecule has 1 aromatic rings. The zero-order valence-electron chi connectivity index (χ0n) is 10.9. The zero-order valence-corrected chi connectivity index (χ0v) is 11.7. The number of unbranched alkanes of at least 4 members (excludes halogenated alkanes) is 2. The number of nitro benzene ring substituents is 1. The molecule has 6 heteroatoms. The number of thioether (sulfide) groups is 1. The molecule has 0 aliphatic heterocycles. The topological polar surface area (TPSA) is 79.0 Å². The number of hydrogen-bond acceptors (Lipinski definition) is 5. The first kappa shape index (κ1) is 15.3. The van der Waals surface area contributed by atoms with Crippen LogP contribution >= 0.6 is 11.8 Å². The molecule has 1 rings (SSSR count). The lowest BCUT2D eigenvalue weighted by atomic mass is 10.1. The van der Waals surface area contributed by atoms with Crippen molar-refractivity contribution in [3.8, 4) is 6.07 Å². The number of nitro groups is 1. The lowest BCUT2D eigenvalue weighted by Crippen LogP contribution is -2.02. The highest BCUT2D eigenvalue weighted by Crippen LogP contribution is 2.22. The molecular weight excluding hydrogens is 262 g/mol. The fraction of sp³-hybridized carbons (Fsp3) is 0.462. The summed E-state index contributed by atoms with van der Waals surface area (Å²) < 4.78 is 0. The standard InChI is InChI=1S/C13H17N3O2S/c1-19-8-4-2-3-7-15-12-6-5-11(10-14)13(9-12)16(17)18/h5-6,9,15H,2-4,7-8H2,1H3. The van der Waals surface area contributed by atoms with Gasteiger partial charge in [-0.25, -0.2) is 0 Å². The molecular formula is C13H17N3O2S. The summed E-state index contributed by atoms with van der Waals surface area (Å²) in [7, 11) is 0. The van der Waals surface area contributed by atoms with Crippen molar-refractivity contribution in [2.75, 3.05) is 23.9 Å². The van der Waals surface area contributed by atoms with Gasteiger partial charge < -0.3 is 5.32 Å². The predicted octanol–water partition coefficient (Wildman–Crippen LogP) is 3.41. The summed E-state index contributed by atoms with van der Waals surface area (Å²) >= 11 is 1.84. The zero-order chi connectivity index (χ0) is 14.1. The van der Waals surface area contributed by atoms with Crippen molar-refractivity contribution in [1.29, 1.82) is 5.26 Å². The van der Waals surface area contributed by atoms with Crippen LogP contribution in [-0.2, 0) is 0 Å². The van der Waals surface area contributed by atoms with Gasteiger partial charge in [-0.1, -0.05) is 6.42 Å². The van der Waals surface area contributed by atoms with Gasteiger partial charge in [0.25, 0.3) is 5.69 Å². The van der Waals surface area contributed by atoms with Crippen molar-refractivity contribution >= 4 is 23.1 Å². The molecule has 0 unspecified atom stereocenters. The van der Waals surface area contributed by atoms with E-state index in [-0.39, 0.29) is 11.3 Å². The Kier molecular flexibility index (Phi) is 6.75. The molecule has 1 N–H and O–H groups in total. The molecule has 0 fully saturated rings. The molecule has 0 aliphatic carbocycles. The molecule has 0 radical (unpaired) electrons. The van der Waals surface area contributed by atoms with Crippen LogP contribution in [0.4, 0.5) is 11.4 Å². The predicted molar refractivity (Wildman–Crippen MR) is 78.5 cm³/mol. The van der Waals surface area contributed by atoms with Crippen LogP contribution in [0, 0.1) is 21.4 Å². The Morgan fingerprint density at radius 1 is 1.42 bits per heavy atom. The number of nitriles is 1. The van der Waals surface area contributed by atoms with Crippen LogP contribution in [0.5, 0.6) is 0 Å². The van der Waals surface area contributed by atoms with E-state index in [0.717, 1.165) is 19.4 Å². The maximum atomic E-state index is 10.8. The van der Waals surface area contributed by atoms with Crippen molar-refractivity contribution in [1.82, 2.24) is 0 Å². The number of anilines is 1. The first-order chi connectivity index (χ1) is 9.19. The average Bonchev–Trinajstić information content (AvgIpc) is 2.42. The molecule has 5 nitrogen and oxygen atoms in total. The molecule has 19 heavy (non-hydrogen) atoms. The van der Waals surface area contributed by atoms with Gasteiger partial charge in [0.15, 0.2) is 0 Å². The highest BCUT2D eigenvalue weighted by molar-refractivity contribution is 7.98. The number of nitrogens with one attached hydrogen (secondary N) is 1. The minimum atomic E-state index is -0.526. The van der Waals surface area contributed by atoms with Gasteiger partial charge in [0.1, 0.15) is 11.6 Å². The molecule has 0 heterocycles. The van der Waals surface area contributed by atoms with Crippen molar-refractivity contribution in [3.05, 3.63) is 33.9 Å². The highest BCUT2D eigenvalue weighted by Gasteiger charge is 2.13. The van der Waals surface area contributed by atoms with Gasteiger partial charge >= 0.3 is 0 Å². The summed E-state index contributed by atoms with van der Waals surface area (Å²) in [5.41, 5.74) is 0.640. The van der Waals surface area contributed by atoms with Gasteiger partial charge in [0.05, 0.1) is 4.92 Å². The monoisotopic (exact) mass is 279 g/mol. The van der Waals surface area contributed by atoms with E-state index in [2.05, 4.69) is 11.6 Å². The molecule has 0 aromatic heterocycles. The highest BCUT2D eigenvalue weighted by atomic mass is 32.2. The van der Waals surface area contributed by atoms with Crippen molar-refractivity contribution < 1.29 is 4.92 Å². The van der Waals surface area contributed by atoms with Gasteiger partial charge in [0.2, 0.25) is 0 Å². The van der Waals surface area contributed by atoms with Crippen LogP contribution in [0.1, 0.15) is 24.8 Å². The molecule has 102 valence electrons. The summed E-state index contributed by atoms with van der Waals surface area (Å²) in [6, 6.07) is 6.42. The number of hydrogen-bond donors (Lipinski definition) is 1. The summed E-state index contributed by atoms with van der Waals surface area (Å²) in [5, 5.41) is 22.7. The van der Waals surface area contributed by atoms with Crippen LogP contribution in [0.15, 0.2) is 18.2 Å². The second-order valence-corrected chi connectivity index (χ2v) is 5.07. The van der Waals surface area contributed by atoms with Gasteiger partial charge in [-0.05, 0) is 37.0 Å². The molecule has 0 spiro atoms. The van der Waals surface area contributed by atoms with E-state index in [9.17, 15) is 10.1 Å². The first-order valence-electron chi connectivity index (χ1n) is 6.10. The molecule has 0 saturated heterocycles. The largest absolute Gasteiger partial charge is 0.385 e. The Balaban J connectivity index is 2.49. The average molecular weight is 279 g/mol. The number of benzene rings is 1. The third-order valence-electron chi connectivity index (χ3n) is 2.67. The molecule has 0 bridgehead atoms. The van der Waals surface area contributed by atoms with Crippen LogP contribution < -0.4 is 5.32 Å². The normalized spacial score (nSPS) is 9.89. The molecule has 0 amide bonds. The molecule has 0 atom stereocenters.